The van der Waals surface area contributed by atoms with Gasteiger partial charge in [0.05, 0.1) is 10.6 Å². The maximum Gasteiger partial charge on any atom is 0.240 e. The van der Waals surface area contributed by atoms with Crippen LogP contribution in [-0.4, -0.2) is 16.5 Å². The Labute approximate surface area is 144 Å². The third-order valence-corrected chi connectivity index (χ3v) is 5.55. The van der Waals surface area contributed by atoms with E-state index in [1.54, 1.807) is 17.4 Å². The predicted octanol–water partition coefficient (Wildman–Crippen LogP) is 4.57. The molecule has 0 saturated heterocycles. The molecule has 0 unspecified atom stereocenters. The SMILES string of the molecule is O=C(Cn1c(-c2cccs2)cc2cc(F)ccc21)NC1CCCC1. The molecular weight excluding hydrogens is 323 g/mol. The summed E-state index contributed by atoms with van der Waals surface area (Å²) in [5.74, 6) is -0.227. The molecule has 0 radical (unpaired) electrons. The molecule has 24 heavy (non-hydrogen) atoms. The Morgan fingerprint density at radius 1 is 1.25 bits per heavy atom. The van der Waals surface area contributed by atoms with Gasteiger partial charge in [0.25, 0.3) is 0 Å². The zero-order valence-corrected chi connectivity index (χ0v) is 14.1. The molecule has 1 N–H and O–H groups in total. The smallest absolute Gasteiger partial charge is 0.240 e. The second kappa shape index (κ2) is 6.40. The minimum absolute atomic E-state index is 0.0292. The Morgan fingerprint density at radius 2 is 2.08 bits per heavy atom. The van der Waals surface area contributed by atoms with Gasteiger partial charge in [-0.15, -0.1) is 11.3 Å². The zero-order chi connectivity index (χ0) is 16.5. The Hall–Kier alpha value is -2.14. The number of aromatic nitrogens is 1. The first-order valence-corrected chi connectivity index (χ1v) is 9.21. The Kier molecular flexibility index (Phi) is 4.10. The van der Waals surface area contributed by atoms with Gasteiger partial charge in [0.15, 0.2) is 0 Å². The van der Waals surface area contributed by atoms with Crippen LogP contribution in [0.3, 0.4) is 0 Å². The van der Waals surface area contributed by atoms with E-state index >= 15 is 0 Å². The number of hydrogen-bond acceptors (Lipinski definition) is 2. The van der Waals surface area contributed by atoms with Crippen LogP contribution >= 0.6 is 11.3 Å². The quantitative estimate of drug-likeness (QED) is 0.740. The molecular formula is C19H19FN2OS. The molecule has 1 amide bonds. The van der Waals surface area contributed by atoms with E-state index in [-0.39, 0.29) is 18.3 Å². The molecule has 5 heteroatoms. The molecule has 1 aromatic carbocycles. The van der Waals surface area contributed by atoms with E-state index in [0.717, 1.165) is 34.3 Å². The number of hydrogen-bond donors (Lipinski definition) is 1. The molecule has 1 saturated carbocycles. The maximum absolute atomic E-state index is 13.6. The lowest BCUT2D eigenvalue weighted by Crippen LogP contribution is -2.35. The number of thiophene rings is 1. The van der Waals surface area contributed by atoms with Crippen molar-refractivity contribution in [2.75, 3.05) is 0 Å². The molecule has 1 fully saturated rings. The van der Waals surface area contributed by atoms with Crippen molar-refractivity contribution in [1.82, 2.24) is 9.88 Å². The Bertz CT molecular complexity index is 863. The third kappa shape index (κ3) is 2.96. The van der Waals surface area contributed by atoms with Gasteiger partial charge in [-0.25, -0.2) is 4.39 Å². The molecule has 0 spiro atoms. The van der Waals surface area contributed by atoms with Gasteiger partial charge in [-0.1, -0.05) is 18.9 Å². The van der Waals surface area contributed by atoms with Gasteiger partial charge < -0.3 is 9.88 Å². The summed E-state index contributed by atoms with van der Waals surface area (Å²) in [5, 5.41) is 5.97. The fourth-order valence-corrected chi connectivity index (χ4v) is 4.28. The summed E-state index contributed by atoms with van der Waals surface area (Å²) in [7, 11) is 0. The molecule has 0 atom stereocenters. The summed E-state index contributed by atoms with van der Waals surface area (Å²) in [6.45, 7) is 0.263. The monoisotopic (exact) mass is 342 g/mol. The fourth-order valence-electron chi connectivity index (χ4n) is 3.53. The summed E-state index contributed by atoms with van der Waals surface area (Å²) in [5.41, 5.74) is 1.86. The lowest BCUT2D eigenvalue weighted by atomic mass is 10.2. The first-order chi connectivity index (χ1) is 11.7. The molecule has 1 aliphatic rings. The lowest BCUT2D eigenvalue weighted by Gasteiger charge is -2.14. The second-order valence-electron chi connectivity index (χ2n) is 6.35. The number of amides is 1. The zero-order valence-electron chi connectivity index (χ0n) is 13.3. The number of carbonyl (C=O) groups excluding carboxylic acids is 1. The highest BCUT2D eigenvalue weighted by Gasteiger charge is 2.19. The van der Waals surface area contributed by atoms with Crippen molar-refractivity contribution in [3.63, 3.8) is 0 Å². The highest BCUT2D eigenvalue weighted by atomic mass is 32.1. The van der Waals surface area contributed by atoms with Crippen LogP contribution in [0.2, 0.25) is 0 Å². The lowest BCUT2D eigenvalue weighted by molar-refractivity contribution is -0.122. The van der Waals surface area contributed by atoms with Crippen LogP contribution < -0.4 is 5.32 Å². The van der Waals surface area contributed by atoms with Crippen molar-refractivity contribution < 1.29 is 9.18 Å². The van der Waals surface area contributed by atoms with E-state index in [1.807, 2.05) is 28.1 Å². The van der Waals surface area contributed by atoms with Gasteiger partial charge in [-0.3, -0.25) is 4.79 Å². The summed E-state index contributed by atoms with van der Waals surface area (Å²) >= 11 is 1.62. The van der Waals surface area contributed by atoms with Gasteiger partial charge in [0.1, 0.15) is 12.4 Å². The number of benzene rings is 1. The minimum Gasteiger partial charge on any atom is -0.352 e. The average Bonchev–Trinajstić information content (AvgIpc) is 3.28. The van der Waals surface area contributed by atoms with Gasteiger partial charge in [-0.05, 0) is 48.6 Å². The highest BCUT2D eigenvalue weighted by molar-refractivity contribution is 7.13. The van der Waals surface area contributed by atoms with Gasteiger partial charge in [-0.2, -0.15) is 0 Å². The van der Waals surface area contributed by atoms with E-state index in [9.17, 15) is 9.18 Å². The van der Waals surface area contributed by atoms with Crippen molar-refractivity contribution >= 4 is 28.1 Å². The molecule has 0 aliphatic heterocycles. The molecule has 3 nitrogen and oxygen atoms in total. The van der Waals surface area contributed by atoms with Crippen LogP contribution in [0.5, 0.6) is 0 Å². The van der Waals surface area contributed by atoms with Crippen molar-refractivity contribution in [1.29, 1.82) is 0 Å². The van der Waals surface area contributed by atoms with E-state index in [1.165, 1.54) is 25.0 Å². The summed E-state index contributed by atoms with van der Waals surface area (Å²) in [6, 6.07) is 11.0. The average molecular weight is 342 g/mol. The summed E-state index contributed by atoms with van der Waals surface area (Å²) in [6.07, 6.45) is 4.52. The van der Waals surface area contributed by atoms with Gasteiger partial charge in [0, 0.05) is 16.9 Å². The Morgan fingerprint density at radius 3 is 2.83 bits per heavy atom. The number of halogens is 1. The van der Waals surface area contributed by atoms with Gasteiger partial charge in [0.2, 0.25) is 5.91 Å². The number of carbonyl (C=O) groups is 1. The van der Waals surface area contributed by atoms with Crippen molar-refractivity contribution in [2.24, 2.45) is 0 Å². The molecule has 1 aliphatic carbocycles. The summed E-state index contributed by atoms with van der Waals surface area (Å²) < 4.78 is 15.6. The Balaban J connectivity index is 1.69. The highest BCUT2D eigenvalue weighted by Crippen LogP contribution is 2.31. The number of fused-ring (bicyclic) bond motifs is 1. The van der Waals surface area contributed by atoms with E-state index in [0.29, 0.717) is 6.04 Å². The molecule has 2 aromatic heterocycles. The van der Waals surface area contributed by atoms with Crippen LogP contribution in [0.4, 0.5) is 4.39 Å². The third-order valence-electron chi connectivity index (χ3n) is 4.66. The van der Waals surface area contributed by atoms with E-state index in [4.69, 9.17) is 0 Å². The fraction of sp³-hybridized carbons (Fsp3) is 0.316. The van der Waals surface area contributed by atoms with Crippen molar-refractivity contribution in [3.05, 3.63) is 47.6 Å². The molecule has 0 bridgehead atoms. The number of rotatable bonds is 4. The van der Waals surface area contributed by atoms with Crippen LogP contribution in [0.25, 0.3) is 21.5 Å². The van der Waals surface area contributed by atoms with Gasteiger partial charge >= 0.3 is 0 Å². The molecule has 4 rings (SSSR count). The van der Waals surface area contributed by atoms with Crippen molar-refractivity contribution in [3.8, 4) is 10.6 Å². The normalized spacial score (nSPS) is 15.2. The second-order valence-corrected chi connectivity index (χ2v) is 7.29. The van der Waals surface area contributed by atoms with Crippen LogP contribution in [0, 0.1) is 5.82 Å². The van der Waals surface area contributed by atoms with Crippen LogP contribution in [-0.2, 0) is 11.3 Å². The molecule has 3 aromatic rings. The standard InChI is InChI=1S/C19H19FN2OS/c20-14-7-8-16-13(10-14)11-17(18-6-3-9-24-18)22(16)12-19(23)21-15-4-1-2-5-15/h3,6-11,15H,1-2,4-5,12H2,(H,21,23). The number of nitrogens with one attached hydrogen (secondary N) is 1. The van der Waals surface area contributed by atoms with Crippen molar-refractivity contribution in [2.45, 2.75) is 38.3 Å². The van der Waals surface area contributed by atoms with E-state index < -0.39 is 0 Å². The topological polar surface area (TPSA) is 34.0 Å². The number of nitrogens with zero attached hydrogens (tertiary/aromatic N) is 1. The largest absolute Gasteiger partial charge is 0.352 e. The maximum atomic E-state index is 13.6. The van der Waals surface area contributed by atoms with Crippen LogP contribution in [0.15, 0.2) is 41.8 Å². The predicted molar refractivity (Wildman–Crippen MR) is 95.6 cm³/mol. The molecule has 124 valence electrons. The minimum atomic E-state index is -0.257. The first-order valence-electron chi connectivity index (χ1n) is 8.33. The van der Waals surface area contributed by atoms with Crippen LogP contribution in [0.1, 0.15) is 25.7 Å². The van der Waals surface area contributed by atoms with E-state index in [2.05, 4.69) is 5.32 Å². The first kappa shape index (κ1) is 15.4. The molecule has 2 heterocycles. The summed E-state index contributed by atoms with van der Waals surface area (Å²) in [4.78, 5) is 13.6.